The van der Waals surface area contributed by atoms with E-state index in [1.807, 2.05) is 61.1 Å². The van der Waals surface area contributed by atoms with Gasteiger partial charge in [-0.05, 0) is 66.7 Å². The van der Waals surface area contributed by atoms with Crippen molar-refractivity contribution in [1.82, 2.24) is 33.6 Å². The Balaban J connectivity index is 1.30. The Morgan fingerprint density at radius 3 is 1.49 bits per heavy atom. The highest BCUT2D eigenvalue weighted by Crippen LogP contribution is 2.37. The maximum atomic E-state index is 5.18. The molecule has 0 radical (unpaired) electrons. The second-order valence-electron chi connectivity index (χ2n) is 12.5. The predicted octanol–water partition coefficient (Wildman–Crippen LogP) is 10.1. The third kappa shape index (κ3) is 4.82. The van der Waals surface area contributed by atoms with Crippen LogP contribution < -0.4 is 0 Å². The Labute approximate surface area is 293 Å². The van der Waals surface area contributed by atoms with Gasteiger partial charge in [0.1, 0.15) is 18.0 Å². The van der Waals surface area contributed by atoms with E-state index < -0.39 is 0 Å². The molecule has 10 aromatic rings. The molecule has 7 nitrogen and oxygen atoms in total. The Morgan fingerprint density at radius 1 is 0.392 bits per heavy atom. The predicted molar refractivity (Wildman–Crippen MR) is 204 cm³/mol. The summed E-state index contributed by atoms with van der Waals surface area (Å²) in [5.41, 5.74) is 12.5. The molecule has 51 heavy (non-hydrogen) atoms. The van der Waals surface area contributed by atoms with Crippen molar-refractivity contribution in [3.05, 3.63) is 176 Å². The molecule has 4 heterocycles. The van der Waals surface area contributed by atoms with E-state index >= 15 is 0 Å². The second-order valence-corrected chi connectivity index (χ2v) is 12.5. The largest absolute Gasteiger partial charge is 0.297 e. The van der Waals surface area contributed by atoms with Crippen molar-refractivity contribution in [2.75, 3.05) is 0 Å². The van der Waals surface area contributed by atoms with Gasteiger partial charge in [-0.3, -0.25) is 18.7 Å². The van der Waals surface area contributed by atoms with E-state index in [9.17, 15) is 0 Å². The molecule has 0 fully saturated rings. The smallest absolute Gasteiger partial charge is 0.145 e. The number of benzene rings is 6. The molecule has 0 atom stereocenters. The number of nitrogens with zero attached hydrogens (tertiary/aromatic N) is 7. The van der Waals surface area contributed by atoms with Crippen molar-refractivity contribution in [2.45, 2.75) is 0 Å². The number of pyridine rings is 1. The zero-order valence-corrected chi connectivity index (χ0v) is 27.4. The van der Waals surface area contributed by atoms with E-state index in [0.29, 0.717) is 0 Å². The van der Waals surface area contributed by atoms with Crippen LogP contribution in [0.5, 0.6) is 0 Å². The maximum absolute atomic E-state index is 5.18. The van der Waals surface area contributed by atoms with Crippen molar-refractivity contribution in [3.8, 4) is 51.1 Å². The highest BCUT2D eigenvalue weighted by atomic mass is 15.1. The Hall–Kier alpha value is -7.12. The first-order valence-corrected chi connectivity index (χ1v) is 16.9. The van der Waals surface area contributed by atoms with Crippen LogP contribution in [0.1, 0.15) is 0 Å². The zero-order valence-electron chi connectivity index (χ0n) is 27.4. The van der Waals surface area contributed by atoms with Gasteiger partial charge in [0.15, 0.2) is 0 Å². The molecule has 6 aromatic carbocycles. The minimum absolute atomic E-state index is 0.833. The average Bonchev–Trinajstić information content (AvgIpc) is 3.92. The minimum Gasteiger partial charge on any atom is -0.297 e. The zero-order chi connectivity index (χ0) is 33.7. The summed E-state index contributed by atoms with van der Waals surface area (Å²) in [6.07, 6.45) is 3.73. The number of rotatable bonds is 6. The molecule has 240 valence electrons. The fourth-order valence-electron chi connectivity index (χ4n) is 7.09. The summed E-state index contributed by atoms with van der Waals surface area (Å²) in [5, 5.41) is 0. The lowest BCUT2D eigenvalue weighted by Gasteiger charge is -2.18. The van der Waals surface area contributed by atoms with Crippen LogP contribution in [0.25, 0.3) is 84.2 Å². The molecule has 10 rings (SSSR count). The van der Waals surface area contributed by atoms with Gasteiger partial charge in [0.2, 0.25) is 0 Å². The lowest BCUT2D eigenvalue weighted by molar-refractivity contribution is 1.06. The van der Waals surface area contributed by atoms with E-state index in [1.165, 1.54) is 0 Å². The van der Waals surface area contributed by atoms with Crippen molar-refractivity contribution in [3.63, 3.8) is 0 Å². The number of hydrogen-bond acceptors (Lipinski definition) is 4. The summed E-state index contributed by atoms with van der Waals surface area (Å²) in [5.74, 6) is 1.72. The number of para-hydroxylation sites is 6. The van der Waals surface area contributed by atoms with Crippen molar-refractivity contribution in [2.24, 2.45) is 0 Å². The van der Waals surface area contributed by atoms with Gasteiger partial charge in [-0.25, -0.2) is 15.0 Å². The van der Waals surface area contributed by atoms with Crippen LogP contribution in [0.2, 0.25) is 0 Å². The van der Waals surface area contributed by atoms with Crippen molar-refractivity contribution >= 4 is 33.1 Å². The fourth-order valence-corrected chi connectivity index (χ4v) is 7.09. The average molecular weight is 656 g/mol. The molecule has 0 amide bonds. The molecule has 0 aliphatic heterocycles. The van der Waals surface area contributed by atoms with Crippen LogP contribution >= 0.6 is 0 Å². The Bertz CT molecular complexity index is 2730. The van der Waals surface area contributed by atoms with Gasteiger partial charge < -0.3 is 0 Å². The third-order valence-electron chi connectivity index (χ3n) is 9.38. The summed E-state index contributed by atoms with van der Waals surface area (Å²) >= 11 is 0. The van der Waals surface area contributed by atoms with Gasteiger partial charge in [-0.15, -0.1) is 0 Å². The monoisotopic (exact) mass is 655 g/mol. The third-order valence-corrected chi connectivity index (χ3v) is 9.38. The van der Waals surface area contributed by atoms with Gasteiger partial charge in [0.25, 0.3) is 0 Å². The van der Waals surface area contributed by atoms with Crippen molar-refractivity contribution in [1.29, 1.82) is 0 Å². The Kier molecular flexibility index (Phi) is 6.67. The number of aromatic nitrogens is 7. The molecular formula is C44H29N7. The van der Waals surface area contributed by atoms with E-state index in [1.54, 1.807) is 0 Å². The van der Waals surface area contributed by atoms with Crippen molar-refractivity contribution < 1.29 is 0 Å². The molecular weight excluding hydrogens is 627 g/mol. The van der Waals surface area contributed by atoms with Gasteiger partial charge in [0, 0.05) is 22.9 Å². The molecule has 0 aliphatic rings. The van der Waals surface area contributed by atoms with Gasteiger partial charge in [-0.1, -0.05) is 97.1 Å². The van der Waals surface area contributed by atoms with Crippen LogP contribution in [0, 0.1) is 0 Å². The van der Waals surface area contributed by atoms with Crippen LogP contribution in [0.3, 0.4) is 0 Å². The number of imidazole rings is 3. The van der Waals surface area contributed by atoms with E-state index in [2.05, 4.69) is 129 Å². The molecule has 0 saturated heterocycles. The molecule has 7 heteroatoms. The van der Waals surface area contributed by atoms with Gasteiger partial charge in [0.05, 0.1) is 55.9 Å². The highest BCUT2D eigenvalue weighted by molar-refractivity contribution is 5.88. The standard InChI is InChI=1S/C44H29N7/c1-3-14-30(15-4-1)43-47-36-19-8-11-22-39(36)50(43)33-26-32(42-41(24-13-25-45-42)49-29-46-35-18-7-10-21-38(35)49)27-34(28-33)51-40-23-12-9-20-37(40)48-44(51)31-16-5-2-6-17-31/h1-29H. The first-order valence-electron chi connectivity index (χ1n) is 16.9. The van der Waals surface area contributed by atoms with E-state index in [-0.39, 0.29) is 0 Å². The highest BCUT2D eigenvalue weighted by Gasteiger charge is 2.21. The molecule has 0 aliphatic carbocycles. The maximum Gasteiger partial charge on any atom is 0.145 e. The molecule has 0 saturated carbocycles. The molecule has 0 bridgehead atoms. The first-order chi connectivity index (χ1) is 25.3. The summed E-state index contributed by atoms with van der Waals surface area (Å²) in [7, 11) is 0. The molecule has 0 unspecified atom stereocenters. The minimum atomic E-state index is 0.833. The van der Waals surface area contributed by atoms with Gasteiger partial charge >= 0.3 is 0 Å². The lowest BCUT2D eigenvalue weighted by Crippen LogP contribution is -2.04. The summed E-state index contributed by atoms with van der Waals surface area (Å²) in [6.45, 7) is 0. The normalized spacial score (nSPS) is 11.5. The first kappa shape index (κ1) is 28.9. The lowest BCUT2D eigenvalue weighted by atomic mass is 10.1. The quantitative estimate of drug-likeness (QED) is 0.179. The van der Waals surface area contributed by atoms with E-state index in [0.717, 1.165) is 84.2 Å². The Morgan fingerprint density at radius 2 is 0.902 bits per heavy atom. The molecule has 4 aromatic heterocycles. The second kappa shape index (κ2) is 11.8. The van der Waals surface area contributed by atoms with Crippen LogP contribution in [0.4, 0.5) is 0 Å². The van der Waals surface area contributed by atoms with E-state index in [4.69, 9.17) is 19.9 Å². The fraction of sp³-hybridized carbons (Fsp3) is 0. The topological polar surface area (TPSA) is 66.3 Å². The van der Waals surface area contributed by atoms with Crippen LogP contribution in [-0.4, -0.2) is 33.6 Å². The number of hydrogen-bond donors (Lipinski definition) is 0. The molecule has 0 N–H and O–H groups in total. The van der Waals surface area contributed by atoms with Crippen LogP contribution in [0.15, 0.2) is 176 Å². The van der Waals surface area contributed by atoms with Gasteiger partial charge in [-0.2, -0.15) is 0 Å². The summed E-state index contributed by atoms with van der Waals surface area (Å²) in [6, 6.07) is 56.3. The summed E-state index contributed by atoms with van der Waals surface area (Å²) in [4.78, 5) is 20.1. The van der Waals surface area contributed by atoms with Crippen LogP contribution in [-0.2, 0) is 0 Å². The number of fused-ring (bicyclic) bond motifs is 3. The SMILES string of the molecule is c1ccc(-c2nc3ccccc3n2-c2cc(-c3ncccc3-n3cnc4ccccc43)cc(-n3c(-c4ccccc4)nc4ccccc43)c2)cc1. The summed E-state index contributed by atoms with van der Waals surface area (Å²) < 4.78 is 6.64. The molecule has 0 spiro atoms.